The van der Waals surface area contributed by atoms with Crippen LogP contribution in [-0.4, -0.2) is 33.3 Å². The number of hydrogen-bond acceptors (Lipinski definition) is 4. The van der Waals surface area contributed by atoms with Gasteiger partial charge in [-0.15, -0.1) is 0 Å². The smallest absolute Gasteiger partial charge is 0.224 e. The van der Waals surface area contributed by atoms with Crippen LogP contribution in [0.3, 0.4) is 0 Å². The zero-order valence-corrected chi connectivity index (χ0v) is 15.1. The lowest BCUT2D eigenvalue weighted by atomic mass is 10.1. The van der Waals surface area contributed by atoms with Crippen molar-refractivity contribution in [2.45, 2.75) is 19.3 Å². The van der Waals surface area contributed by atoms with Crippen LogP contribution in [0.5, 0.6) is 17.2 Å². The molecule has 0 aliphatic carbocycles. The van der Waals surface area contributed by atoms with E-state index in [2.05, 4.69) is 5.32 Å². The van der Waals surface area contributed by atoms with Gasteiger partial charge in [0, 0.05) is 6.54 Å². The zero-order chi connectivity index (χ0) is 18.8. The lowest BCUT2D eigenvalue weighted by Crippen LogP contribution is -2.26. The van der Waals surface area contributed by atoms with Crippen molar-refractivity contribution >= 4 is 5.91 Å². The summed E-state index contributed by atoms with van der Waals surface area (Å²) >= 11 is 0. The van der Waals surface area contributed by atoms with Crippen molar-refractivity contribution in [3.05, 3.63) is 53.8 Å². The zero-order valence-electron chi connectivity index (χ0n) is 15.1. The quantitative estimate of drug-likeness (QED) is 0.660. The fraction of sp³-hybridized carbons (Fsp3) is 0.350. The molecule has 0 aromatic heterocycles. The highest BCUT2D eigenvalue weighted by atomic mass is 19.1. The van der Waals surface area contributed by atoms with Gasteiger partial charge in [-0.25, -0.2) is 4.39 Å². The molecule has 0 atom stereocenters. The Hall–Kier alpha value is -2.76. The molecule has 0 saturated carbocycles. The predicted octanol–water partition coefficient (Wildman–Crippen LogP) is 3.36. The first kappa shape index (κ1) is 19.6. The number of methoxy groups -OCH3 is 2. The van der Waals surface area contributed by atoms with E-state index in [0.29, 0.717) is 30.4 Å². The van der Waals surface area contributed by atoms with E-state index in [9.17, 15) is 9.18 Å². The summed E-state index contributed by atoms with van der Waals surface area (Å²) in [5, 5.41) is 2.89. The molecule has 26 heavy (non-hydrogen) atoms. The molecule has 2 aromatic carbocycles. The second kappa shape index (κ2) is 10.3. The summed E-state index contributed by atoms with van der Waals surface area (Å²) in [6, 6.07) is 11.4. The molecule has 1 amide bonds. The van der Waals surface area contributed by atoms with Crippen molar-refractivity contribution < 1.29 is 23.4 Å². The highest BCUT2D eigenvalue weighted by molar-refractivity contribution is 5.78. The largest absolute Gasteiger partial charge is 0.494 e. The van der Waals surface area contributed by atoms with Crippen LogP contribution in [0.25, 0.3) is 0 Å². The van der Waals surface area contributed by atoms with Crippen LogP contribution in [0.1, 0.15) is 18.4 Å². The third-order valence-corrected chi connectivity index (χ3v) is 3.79. The Bertz CT molecular complexity index is 703. The minimum absolute atomic E-state index is 0.0447. The van der Waals surface area contributed by atoms with E-state index >= 15 is 0 Å². The summed E-state index contributed by atoms with van der Waals surface area (Å²) in [4.78, 5) is 12.0. The topological polar surface area (TPSA) is 56.8 Å². The number of carbonyl (C=O) groups excluding carboxylic acids is 1. The van der Waals surface area contributed by atoms with Crippen molar-refractivity contribution in [3.8, 4) is 17.2 Å². The van der Waals surface area contributed by atoms with Crippen LogP contribution < -0.4 is 19.5 Å². The van der Waals surface area contributed by atoms with E-state index in [0.717, 1.165) is 18.4 Å². The number of rotatable bonds is 10. The third-order valence-electron chi connectivity index (χ3n) is 3.79. The van der Waals surface area contributed by atoms with Gasteiger partial charge < -0.3 is 19.5 Å². The Morgan fingerprint density at radius 1 is 1.00 bits per heavy atom. The molecule has 0 spiro atoms. The molecule has 6 heteroatoms. The number of unbranched alkanes of at least 4 members (excludes halogenated alkanes) is 1. The number of halogens is 1. The fourth-order valence-electron chi connectivity index (χ4n) is 2.41. The van der Waals surface area contributed by atoms with Crippen LogP contribution >= 0.6 is 0 Å². The summed E-state index contributed by atoms with van der Waals surface area (Å²) in [7, 11) is 3.14. The van der Waals surface area contributed by atoms with Gasteiger partial charge in [-0.05, 0) is 54.8 Å². The van der Waals surface area contributed by atoms with Crippen molar-refractivity contribution in [3.63, 3.8) is 0 Å². The number of nitrogens with one attached hydrogen (secondary N) is 1. The Balaban J connectivity index is 1.63. The van der Waals surface area contributed by atoms with Crippen molar-refractivity contribution in [2.75, 3.05) is 27.4 Å². The highest BCUT2D eigenvalue weighted by Crippen LogP contribution is 2.27. The number of benzene rings is 2. The van der Waals surface area contributed by atoms with Crippen molar-refractivity contribution in [1.82, 2.24) is 5.32 Å². The van der Waals surface area contributed by atoms with Gasteiger partial charge in [0.05, 0.1) is 27.2 Å². The Morgan fingerprint density at radius 3 is 2.42 bits per heavy atom. The number of ether oxygens (including phenoxy) is 3. The first-order valence-corrected chi connectivity index (χ1v) is 8.48. The van der Waals surface area contributed by atoms with E-state index in [1.807, 2.05) is 6.07 Å². The average Bonchev–Trinajstić information content (AvgIpc) is 2.65. The molecular formula is C20H24FNO4. The van der Waals surface area contributed by atoms with E-state index in [-0.39, 0.29) is 18.1 Å². The van der Waals surface area contributed by atoms with Gasteiger partial charge in [-0.3, -0.25) is 4.79 Å². The maximum atomic E-state index is 12.8. The first-order valence-electron chi connectivity index (χ1n) is 8.48. The normalized spacial score (nSPS) is 10.3. The first-order chi connectivity index (χ1) is 12.6. The molecular weight excluding hydrogens is 337 g/mol. The van der Waals surface area contributed by atoms with Crippen LogP contribution in [0.2, 0.25) is 0 Å². The fourth-order valence-corrected chi connectivity index (χ4v) is 2.41. The lowest BCUT2D eigenvalue weighted by molar-refractivity contribution is -0.120. The van der Waals surface area contributed by atoms with E-state index in [1.165, 1.54) is 12.1 Å². The maximum absolute atomic E-state index is 12.8. The van der Waals surface area contributed by atoms with Crippen LogP contribution in [0.15, 0.2) is 42.5 Å². The SMILES string of the molecule is COc1ccc(CC(=O)NCCCCOc2ccc(F)cc2)cc1OC. The molecule has 0 aliphatic rings. The van der Waals surface area contributed by atoms with Gasteiger partial charge in [-0.2, -0.15) is 0 Å². The van der Waals surface area contributed by atoms with Gasteiger partial charge in [0.2, 0.25) is 5.91 Å². The van der Waals surface area contributed by atoms with Gasteiger partial charge in [0.15, 0.2) is 11.5 Å². The molecule has 0 radical (unpaired) electrons. The van der Waals surface area contributed by atoms with Crippen LogP contribution in [0.4, 0.5) is 4.39 Å². The van der Waals surface area contributed by atoms with E-state index < -0.39 is 0 Å². The van der Waals surface area contributed by atoms with Gasteiger partial charge >= 0.3 is 0 Å². The van der Waals surface area contributed by atoms with Gasteiger partial charge in [0.25, 0.3) is 0 Å². The van der Waals surface area contributed by atoms with E-state index in [1.54, 1.807) is 38.5 Å². The Kier molecular flexibility index (Phi) is 7.74. The number of amides is 1. The number of hydrogen-bond donors (Lipinski definition) is 1. The Morgan fingerprint density at radius 2 is 1.73 bits per heavy atom. The minimum Gasteiger partial charge on any atom is -0.494 e. The van der Waals surface area contributed by atoms with E-state index in [4.69, 9.17) is 14.2 Å². The van der Waals surface area contributed by atoms with Crippen molar-refractivity contribution in [1.29, 1.82) is 0 Å². The summed E-state index contributed by atoms with van der Waals surface area (Å²) in [6.45, 7) is 1.11. The molecule has 0 unspecified atom stereocenters. The summed E-state index contributed by atoms with van der Waals surface area (Å²) in [5.41, 5.74) is 0.861. The highest BCUT2D eigenvalue weighted by Gasteiger charge is 2.08. The maximum Gasteiger partial charge on any atom is 0.224 e. The predicted molar refractivity (Wildman–Crippen MR) is 97.4 cm³/mol. The molecule has 0 bridgehead atoms. The molecule has 0 aliphatic heterocycles. The van der Waals surface area contributed by atoms with Crippen LogP contribution in [0, 0.1) is 5.82 Å². The summed E-state index contributed by atoms with van der Waals surface area (Å²) in [6.07, 6.45) is 1.89. The van der Waals surface area contributed by atoms with Crippen LogP contribution in [-0.2, 0) is 11.2 Å². The molecule has 0 saturated heterocycles. The second-order valence-electron chi connectivity index (χ2n) is 5.73. The molecule has 0 fully saturated rings. The molecule has 2 rings (SSSR count). The lowest BCUT2D eigenvalue weighted by Gasteiger charge is -2.10. The molecule has 2 aromatic rings. The molecule has 5 nitrogen and oxygen atoms in total. The van der Waals surface area contributed by atoms with Gasteiger partial charge in [-0.1, -0.05) is 6.07 Å². The molecule has 140 valence electrons. The van der Waals surface area contributed by atoms with Crippen molar-refractivity contribution in [2.24, 2.45) is 0 Å². The van der Waals surface area contributed by atoms with Gasteiger partial charge in [0.1, 0.15) is 11.6 Å². The second-order valence-corrected chi connectivity index (χ2v) is 5.73. The molecule has 1 N–H and O–H groups in total. The minimum atomic E-state index is -0.283. The monoisotopic (exact) mass is 361 g/mol. The summed E-state index contributed by atoms with van der Waals surface area (Å²) < 4.78 is 28.7. The Labute approximate surface area is 153 Å². The standard InChI is InChI=1S/C20H24FNO4/c1-24-18-10-5-15(13-19(18)25-2)14-20(23)22-11-3-4-12-26-17-8-6-16(21)7-9-17/h5-10,13H,3-4,11-12,14H2,1-2H3,(H,22,23). The summed E-state index contributed by atoms with van der Waals surface area (Å²) in [5.74, 6) is 1.56. The number of carbonyl (C=O) groups is 1. The third kappa shape index (κ3) is 6.27. The average molecular weight is 361 g/mol. The molecule has 0 heterocycles.